The number of hydrogen-bond acceptors (Lipinski definition) is 8. The van der Waals surface area contributed by atoms with E-state index in [9.17, 15) is 14.4 Å². The molecule has 33 heavy (non-hydrogen) atoms. The van der Waals surface area contributed by atoms with Gasteiger partial charge in [-0.2, -0.15) is 10.2 Å². The normalized spacial score (nSPS) is 12.2. The molecule has 0 aliphatic heterocycles. The molecule has 0 aliphatic rings. The number of carbonyl (C=O) groups is 3. The highest BCUT2D eigenvalue weighted by atomic mass is 16.6. The van der Waals surface area contributed by atoms with Crippen LogP contribution in [0.25, 0.3) is 0 Å². The van der Waals surface area contributed by atoms with E-state index in [1.165, 1.54) is 26.2 Å². The lowest BCUT2D eigenvalue weighted by Crippen LogP contribution is -2.49. The van der Waals surface area contributed by atoms with Gasteiger partial charge < -0.3 is 14.4 Å². The van der Waals surface area contributed by atoms with Crippen LogP contribution in [0, 0.1) is 0 Å². The van der Waals surface area contributed by atoms with Gasteiger partial charge in [0.2, 0.25) is 0 Å². The van der Waals surface area contributed by atoms with Crippen molar-refractivity contribution in [2.24, 2.45) is 10.2 Å². The maximum atomic E-state index is 13.2. The van der Waals surface area contributed by atoms with Gasteiger partial charge >= 0.3 is 12.1 Å². The zero-order chi connectivity index (χ0) is 24.8. The number of amides is 2. The standard InChI is InChI=1S/C24H30N4O5/c1-16(22(30)32-7)28(23(31)33-24(2,3)4)21(29)17-9-8-10-19(15-17)26-25-18-11-13-20(14-12-18)27(5)6/h8-16H,1-7H3/t16-/m0/s1. The molecule has 2 amide bonds. The number of hydrogen-bond donors (Lipinski definition) is 0. The topological polar surface area (TPSA) is 101 Å². The minimum absolute atomic E-state index is 0.149. The highest BCUT2D eigenvalue weighted by Crippen LogP contribution is 2.23. The molecule has 176 valence electrons. The van der Waals surface area contributed by atoms with Gasteiger partial charge in [-0.25, -0.2) is 14.5 Å². The highest BCUT2D eigenvalue weighted by molar-refractivity contribution is 6.06. The lowest BCUT2D eigenvalue weighted by molar-refractivity contribution is -0.145. The van der Waals surface area contributed by atoms with E-state index in [1.54, 1.807) is 32.9 Å². The quantitative estimate of drug-likeness (QED) is 0.444. The predicted octanol–water partition coefficient (Wildman–Crippen LogP) is 5.11. The number of nitrogens with zero attached hydrogens (tertiary/aromatic N) is 4. The molecule has 2 aromatic rings. The fourth-order valence-corrected chi connectivity index (χ4v) is 2.78. The van der Waals surface area contributed by atoms with E-state index in [-0.39, 0.29) is 5.56 Å². The van der Waals surface area contributed by atoms with E-state index in [2.05, 4.69) is 10.2 Å². The first kappa shape index (κ1) is 25.5. The van der Waals surface area contributed by atoms with Crippen molar-refractivity contribution in [2.75, 3.05) is 26.1 Å². The SMILES string of the molecule is COC(=O)[C@H](C)N(C(=O)OC(C)(C)C)C(=O)c1cccc(N=Nc2ccc(N(C)C)cc2)c1. The zero-order valence-electron chi connectivity index (χ0n) is 20.0. The molecule has 9 nitrogen and oxygen atoms in total. The molecule has 0 saturated carbocycles. The number of imide groups is 1. The molecule has 0 N–H and O–H groups in total. The second-order valence-electron chi connectivity index (χ2n) is 8.52. The monoisotopic (exact) mass is 454 g/mol. The van der Waals surface area contributed by atoms with Gasteiger partial charge in [-0.05, 0) is 70.2 Å². The minimum Gasteiger partial charge on any atom is -0.467 e. The second-order valence-corrected chi connectivity index (χ2v) is 8.52. The van der Waals surface area contributed by atoms with Crippen LogP contribution in [-0.4, -0.2) is 55.7 Å². The summed E-state index contributed by atoms with van der Waals surface area (Å²) < 4.78 is 10.0. The first-order chi connectivity index (χ1) is 15.4. The Morgan fingerprint density at radius 3 is 2.09 bits per heavy atom. The average Bonchev–Trinajstić information content (AvgIpc) is 2.76. The summed E-state index contributed by atoms with van der Waals surface area (Å²) in [7, 11) is 5.07. The Balaban J connectivity index is 2.31. The summed E-state index contributed by atoms with van der Waals surface area (Å²) in [5.41, 5.74) is 1.38. The van der Waals surface area contributed by atoms with Gasteiger partial charge in [0.05, 0.1) is 18.5 Å². The van der Waals surface area contributed by atoms with Crippen LogP contribution >= 0.6 is 0 Å². The molecule has 2 aromatic carbocycles. The van der Waals surface area contributed by atoms with Crippen LogP contribution in [0.15, 0.2) is 58.8 Å². The molecule has 1 atom stereocenters. The summed E-state index contributed by atoms with van der Waals surface area (Å²) in [6.45, 7) is 6.40. The molecule has 0 heterocycles. The van der Waals surface area contributed by atoms with Crippen molar-refractivity contribution >= 4 is 35.0 Å². The molecule has 9 heteroatoms. The Morgan fingerprint density at radius 1 is 0.939 bits per heavy atom. The van der Waals surface area contributed by atoms with Gasteiger partial charge in [0.1, 0.15) is 11.6 Å². The average molecular weight is 455 g/mol. The Hall–Kier alpha value is -3.75. The van der Waals surface area contributed by atoms with Crippen LogP contribution in [0.2, 0.25) is 0 Å². The van der Waals surface area contributed by atoms with Gasteiger partial charge in [0, 0.05) is 25.3 Å². The van der Waals surface area contributed by atoms with Crippen LogP contribution < -0.4 is 4.90 Å². The Labute approximate surface area is 194 Å². The van der Waals surface area contributed by atoms with E-state index in [0.717, 1.165) is 10.6 Å². The fourth-order valence-electron chi connectivity index (χ4n) is 2.78. The minimum atomic E-state index is -1.18. The van der Waals surface area contributed by atoms with E-state index in [4.69, 9.17) is 9.47 Å². The fraction of sp³-hybridized carbons (Fsp3) is 0.375. The molecular weight excluding hydrogens is 424 g/mol. The van der Waals surface area contributed by atoms with E-state index in [0.29, 0.717) is 11.4 Å². The molecule has 0 fully saturated rings. The first-order valence-corrected chi connectivity index (χ1v) is 10.4. The molecule has 0 radical (unpaired) electrons. The smallest absolute Gasteiger partial charge is 0.418 e. The summed E-state index contributed by atoms with van der Waals surface area (Å²) in [5.74, 6) is -1.46. The number of methoxy groups -OCH3 is 1. The van der Waals surface area contributed by atoms with Gasteiger partial charge in [-0.15, -0.1) is 0 Å². The summed E-state index contributed by atoms with van der Waals surface area (Å²) in [6.07, 6.45) is -0.946. The van der Waals surface area contributed by atoms with Crippen LogP contribution in [0.3, 0.4) is 0 Å². The molecule has 2 rings (SSSR count). The van der Waals surface area contributed by atoms with Crippen LogP contribution in [0.1, 0.15) is 38.1 Å². The summed E-state index contributed by atoms with van der Waals surface area (Å²) in [6, 6.07) is 12.6. The Morgan fingerprint density at radius 2 is 1.55 bits per heavy atom. The van der Waals surface area contributed by atoms with Crippen molar-refractivity contribution in [1.82, 2.24) is 4.90 Å². The summed E-state index contributed by atoms with van der Waals surface area (Å²) >= 11 is 0. The third-order valence-electron chi connectivity index (χ3n) is 4.48. The molecule has 0 saturated heterocycles. The second kappa shape index (κ2) is 10.7. The van der Waals surface area contributed by atoms with Gasteiger partial charge in [0.15, 0.2) is 0 Å². The van der Waals surface area contributed by atoms with Crippen molar-refractivity contribution in [1.29, 1.82) is 0 Å². The van der Waals surface area contributed by atoms with E-state index in [1.807, 2.05) is 43.3 Å². The largest absolute Gasteiger partial charge is 0.467 e. The molecule has 0 aliphatic carbocycles. The van der Waals surface area contributed by atoms with Gasteiger partial charge in [-0.3, -0.25) is 4.79 Å². The third kappa shape index (κ3) is 7.13. The Kier molecular flexibility index (Phi) is 8.28. The number of anilines is 1. The molecular formula is C24H30N4O5. The van der Waals surface area contributed by atoms with E-state index >= 15 is 0 Å². The van der Waals surface area contributed by atoms with Crippen molar-refractivity contribution in [3.8, 4) is 0 Å². The number of ether oxygens (including phenoxy) is 2. The lowest BCUT2D eigenvalue weighted by atomic mass is 10.1. The highest BCUT2D eigenvalue weighted by Gasteiger charge is 2.36. The molecule has 0 spiro atoms. The Bertz CT molecular complexity index is 1030. The number of rotatable bonds is 6. The summed E-state index contributed by atoms with van der Waals surface area (Å²) in [4.78, 5) is 40.7. The van der Waals surface area contributed by atoms with Gasteiger partial charge in [-0.1, -0.05) is 6.07 Å². The number of carbonyl (C=O) groups excluding carboxylic acids is 3. The van der Waals surface area contributed by atoms with Crippen LogP contribution in [-0.2, 0) is 14.3 Å². The third-order valence-corrected chi connectivity index (χ3v) is 4.48. The molecule has 0 unspecified atom stereocenters. The van der Waals surface area contributed by atoms with Crippen molar-refractivity contribution in [2.45, 2.75) is 39.3 Å². The maximum Gasteiger partial charge on any atom is 0.418 e. The predicted molar refractivity (Wildman–Crippen MR) is 125 cm³/mol. The number of azo groups is 1. The lowest BCUT2D eigenvalue weighted by Gasteiger charge is -2.29. The zero-order valence-corrected chi connectivity index (χ0v) is 20.0. The van der Waals surface area contributed by atoms with Crippen molar-refractivity contribution in [3.05, 3.63) is 54.1 Å². The van der Waals surface area contributed by atoms with Crippen molar-refractivity contribution < 1.29 is 23.9 Å². The number of esters is 1. The molecule has 0 aromatic heterocycles. The van der Waals surface area contributed by atoms with Crippen LogP contribution in [0.5, 0.6) is 0 Å². The first-order valence-electron chi connectivity index (χ1n) is 10.4. The van der Waals surface area contributed by atoms with Crippen LogP contribution in [0.4, 0.5) is 21.9 Å². The van der Waals surface area contributed by atoms with Crippen molar-refractivity contribution in [3.63, 3.8) is 0 Å². The maximum absolute atomic E-state index is 13.2. The molecule has 0 bridgehead atoms. The van der Waals surface area contributed by atoms with Gasteiger partial charge in [0.25, 0.3) is 5.91 Å². The number of benzene rings is 2. The summed E-state index contributed by atoms with van der Waals surface area (Å²) in [5, 5.41) is 8.38. The van der Waals surface area contributed by atoms with E-state index < -0.39 is 29.6 Å².